The van der Waals surface area contributed by atoms with Gasteiger partial charge in [0.05, 0.1) is 6.07 Å². The molecule has 1 spiro atoms. The molecule has 0 aromatic rings. The zero-order valence-electron chi connectivity index (χ0n) is 6.84. The SMILES string of the molecule is CC1CCCC2(C1)OC2C#N. The lowest BCUT2D eigenvalue weighted by Crippen LogP contribution is -2.23. The number of hydrogen-bond acceptors (Lipinski definition) is 2. The van der Waals surface area contributed by atoms with Gasteiger partial charge in [-0.15, -0.1) is 0 Å². The van der Waals surface area contributed by atoms with Crippen LogP contribution in [0, 0.1) is 17.2 Å². The maximum atomic E-state index is 8.63. The van der Waals surface area contributed by atoms with Gasteiger partial charge in [0.15, 0.2) is 6.10 Å². The van der Waals surface area contributed by atoms with Gasteiger partial charge in [-0.25, -0.2) is 0 Å². The molecule has 0 amide bonds. The average Bonchev–Trinajstić information content (AvgIpc) is 2.63. The number of rotatable bonds is 0. The van der Waals surface area contributed by atoms with Gasteiger partial charge in [0.25, 0.3) is 0 Å². The highest BCUT2D eigenvalue weighted by molar-refractivity contribution is 5.15. The molecule has 1 heterocycles. The summed E-state index contributed by atoms with van der Waals surface area (Å²) in [5, 5.41) is 8.63. The van der Waals surface area contributed by atoms with Crippen LogP contribution < -0.4 is 0 Å². The third-order valence-electron chi connectivity index (χ3n) is 2.88. The molecule has 3 unspecified atom stereocenters. The third kappa shape index (κ3) is 1.04. The van der Waals surface area contributed by atoms with Crippen LogP contribution in [0.1, 0.15) is 32.6 Å². The Morgan fingerprint density at radius 2 is 2.45 bits per heavy atom. The summed E-state index contributed by atoms with van der Waals surface area (Å²) in [5.41, 5.74) is 0.00637. The molecule has 3 atom stereocenters. The van der Waals surface area contributed by atoms with Crippen molar-refractivity contribution in [3.8, 4) is 6.07 Å². The Hall–Kier alpha value is -0.550. The average molecular weight is 151 g/mol. The zero-order chi connectivity index (χ0) is 7.90. The minimum Gasteiger partial charge on any atom is -0.350 e. The predicted octanol–water partition coefficient (Wildman–Crippen LogP) is 1.86. The Labute approximate surface area is 67.2 Å². The minimum atomic E-state index is -0.0785. The maximum Gasteiger partial charge on any atom is 0.173 e. The normalized spacial score (nSPS) is 48.7. The van der Waals surface area contributed by atoms with Gasteiger partial charge in [-0.05, 0) is 18.8 Å². The first-order valence-corrected chi connectivity index (χ1v) is 4.34. The van der Waals surface area contributed by atoms with E-state index in [2.05, 4.69) is 13.0 Å². The lowest BCUT2D eigenvalue weighted by Gasteiger charge is -2.23. The molecule has 1 saturated carbocycles. The second-order valence-corrected chi connectivity index (χ2v) is 3.89. The molecule has 0 aromatic heterocycles. The second-order valence-electron chi connectivity index (χ2n) is 3.89. The van der Waals surface area contributed by atoms with Crippen LogP contribution >= 0.6 is 0 Å². The van der Waals surface area contributed by atoms with E-state index >= 15 is 0 Å². The highest BCUT2D eigenvalue weighted by Crippen LogP contribution is 2.49. The van der Waals surface area contributed by atoms with Gasteiger partial charge < -0.3 is 4.74 Å². The number of epoxide rings is 1. The molecule has 1 aliphatic heterocycles. The third-order valence-corrected chi connectivity index (χ3v) is 2.88. The summed E-state index contributed by atoms with van der Waals surface area (Å²) in [7, 11) is 0. The van der Waals surface area contributed by atoms with Gasteiger partial charge in [0.2, 0.25) is 0 Å². The van der Waals surface area contributed by atoms with Crippen molar-refractivity contribution in [3.63, 3.8) is 0 Å². The lowest BCUT2D eigenvalue weighted by molar-refractivity contribution is 0.198. The quantitative estimate of drug-likeness (QED) is 0.495. The van der Waals surface area contributed by atoms with E-state index in [1.165, 1.54) is 12.8 Å². The van der Waals surface area contributed by atoms with Gasteiger partial charge >= 0.3 is 0 Å². The zero-order valence-corrected chi connectivity index (χ0v) is 6.84. The molecule has 60 valence electrons. The van der Waals surface area contributed by atoms with Crippen molar-refractivity contribution in [1.29, 1.82) is 5.26 Å². The van der Waals surface area contributed by atoms with Crippen molar-refractivity contribution in [3.05, 3.63) is 0 Å². The fourth-order valence-corrected chi connectivity index (χ4v) is 2.23. The molecular formula is C9H13NO. The summed E-state index contributed by atoms with van der Waals surface area (Å²) in [6, 6.07) is 2.20. The van der Waals surface area contributed by atoms with E-state index in [4.69, 9.17) is 10.00 Å². The molecule has 0 bridgehead atoms. The number of nitrogens with zero attached hydrogens (tertiary/aromatic N) is 1. The predicted molar refractivity (Wildman–Crippen MR) is 40.8 cm³/mol. The van der Waals surface area contributed by atoms with Crippen LogP contribution in [0.3, 0.4) is 0 Å². The Morgan fingerprint density at radius 3 is 3.00 bits per heavy atom. The summed E-state index contributed by atoms with van der Waals surface area (Å²) in [6.45, 7) is 2.25. The van der Waals surface area contributed by atoms with Crippen molar-refractivity contribution in [2.75, 3.05) is 0 Å². The first kappa shape index (κ1) is 7.12. The molecule has 2 nitrogen and oxygen atoms in total. The van der Waals surface area contributed by atoms with Gasteiger partial charge in [-0.1, -0.05) is 19.8 Å². The first-order valence-electron chi connectivity index (χ1n) is 4.34. The first-order chi connectivity index (χ1) is 5.27. The highest BCUT2D eigenvalue weighted by atomic mass is 16.6. The summed E-state index contributed by atoms with van der Waals surface area (Å²) in [4.78, 5) is 0. The molecule has 0 radical (unpaired) electrons. The monoisotopic (exact) mass is 151 g/mol. The molecule has 2 rings (SSSR count). The summed E-state index contributed by atoms with van der Waals surface area (Å²) < 4.78 is 5.40. The Balaban J connectivity index is 2.01. The topological polar surface area (TPSA) is 36.3 Å². The molecule has 1 aliphatic carbocycles. The van der Waals surface area contributed by atoms with E-state index in [-0.39, 0.29) is 11.7 Å². The molecule has 11 heavy (non-hydrogen) atoms. The van der Waals surface area contributed by atoms with E-state index < -0.39 is 0 Å². The van der Waals surface area contributed by atoms with E-state index in [0.717, 1.165) is 18.8 Å². The minimum absolute atomic E-state index is 0.00637. The Morgan fingerprint density at radius 1 is 1.64 bits per heavy atom. The van der Waals surface area contributed by atoms with Gasteiger partial charge in [0, 0.05) is 0 Å². The van der Waals surface area contributed by atoms with Crippen LogP contribution in [0.2, 0.25) is 0 Å². The van der Waals surface area contributed by atoms with Crippen LogP contribution in [-0.4, -0.2) is 11.7 Å². The molecular weight excluding hydrogens is 138 g/mol. The Bertz CT molecular complexity index is 208. The van der Waals surface area contributed by atoms with Crippen LogP contribution in [0.5, 0.6) is 0 Å². The standard InChI is InChI=1S/C9H13NO/c1-7-3-2-4-9(5-7)8(6-10)11-9/h7-8H,2-5H2,1H3. The van der Waals surface area contributed by atoms with Crippen LogP contribution in [-0.2, 0) is 4.74 Å². The summed E-state index contributed by atoms with van der Waals surface area (Å²) >= 11 is 0. The second kappa shape index (κ2) is 2.22. The van der Waals surface area contributed by atoms with Crippen molar-refractivity contribution in [2.45, 2.75) is 44.3 Å². The molecule has 1 saturated heterocycles. The number of ether oxygens (including phenoxy) is 1. The molecule has 0 N–H and O–H groups in total. The van der Waals surface area contributed by atoms with E-state index in [1.54, 1.807) is 0 Å². The summed E-state index contributed by atoms with van der Waals surface area (Å²) in [6.07, 6.45) is 4.67. The van der Waals surface area contributed by atoms with Gasteiger partial charge in [-0.3, -0.25) is 0 Å². The maximum absolute atomic E-state index is 8.63. The van der Waals surface area contributed by atoms with Crippen molar-refractivity contribution in [1.82, 2.24) is 0 Å². The van der Waals surface area contributed by atoms with Crippen molar-refractivity contribution < 1.29 is 4.74 Å². The Kier molecular flexibility index (Phi) is 1.43. The van der Waals surface area contributed by atoms with E-state index in [9.17, 15) is 0 Å². The number of nitriles is 1. The van der Waals surface area contributed by atoms with Crippen molar-refractivity contribution in [2.24, 2.45) is 5.92 Å². The largest absolute Gasteiger partial charge is 0.350 e. The number of hydrogen-bond donors (Lipinski definition) is 0. The van der Waals surface area contributed by atoms with E-state index in [0.29, 0.717) is 0 Å². The van der Waals surface area contributed by atoms with Gasteiger partial charge in [-0.2, -0.15) is 5.26 Å². The van der Waals surface area contributed by atoms with Crippen molar-refractivity contribution >= 4 is 0 Å². The molecule has 2 heteroatoms. The summed E-state index contributed by atoms with van der Waals surface area (Å²) in [5.74, 6) is 0.752. The lowest BCUT2D eigenvalue weighted by atomic mass is 9.80. The molecule has 0 aromatic carbocycles. The van der Waals surface area contributed by atoms with Crippen LogP contribution in [0.15, 0.2) is 0 Å². The smallest absolute Gasteiger partial charge is 0.173 e. The fourth-order valence-electron chi connectivity index (χ4n) is 2.23. The van der Waals surface area contributed by atoms with Crippen LogP contribution in [0.4, 0.5) is 0 Å². The highest BCUT2D eigenvalue weighted by Gasteiger charge is 2.57. The van der Waals surface area contributed by atoms with Crippen LogP contribution in [0.25, 0.3) is 0 Å². The fraction of sp³-hybridized carbons (Fsp3) is 0.889. The molecule has 2 aliphatic rings. The molecule has 2 fully saturated rings. The van der Waals surface area contributed by atoms with Gasteiger partial charge in [0.1, 0.15) is 5.60 Å². The van der Waals surface area contributed by atoms with E-state index in [1.807, 2.05) is 0 Å².